The molecule has 0 bridgehead atoms. The first kappa shape index (κ1) is 19.4. The van der Waals surface area contributed by atoms with Crippen molar-refractivity contribution in [2.45, 2.75) is 91.0 Å². The predicted octanol–water partition coefficient (Wildman–Crippen LogP) is 4.14. The van der Waals surface area contributed by atoms with Crippen LogP contribution in [-0.2, 0) is 4.79 Å². The first-order valence-corrected chi connectivity index (χ1v) is 8.53. The number of nitrogens with zero attached hydrogens (tertiary/aromatic N) is 1. The standard InChI is InChI=1S/C17H35NO2/c1-4-5-6-7-8-9-10-11-12-13-17(20)18(14-15-19)16(2)3/h16,19H,4-15H2,1-3H3. The average Bonchev–Trinajstić information content (AvgIpc) is 2.42. The predicted molar refractivity (Wildman–Crippen MR) is 85.8 cm³/mol. The first-order valence-electron chi connectivity index (χ1n) is 8.53. The Morgan fingerprint density at radius 2 is 1.45 bits per heavy atom. The van der Waals surface area contributed by atoms with Gasteiger partial charge in [0.1, 0.15) is 0 Å². The molecule has 0 aliphatic rings. The lowest BCUT2D eigenvalue weighted by Crippen LogP contribution is -2.38. The van der Waals surface area contributed by atoms with E-state index in [1.54, 1.807) is 4.90 Å². The largest absolute Gasteiger partial charge is 0.395 e. The number of carbonyl (C=O) groups is 1. The van der Waals surface area contributed by atoms with Crippen LogP contribution >= 0.6 is 0 Å². The lowest BCUT2D eigenvalue weighted by molar-refractivity contribution is -0.133. The second kappa shape index (κ2) is 13.4. The molecule has 0 spiro atoms. The molecule has 3 heteroatoms. The summed E-state index contributed by atoms with van der Waals surface area (Å²) < 4.78 is 0. The van der Waals surface area contributed by atoms with E-state index in [2.05, 4.69) is 6.92 Å². The van der Waals surface area contributed by atoms with Crippen LogP contribution in [0.5, 0.6) is 0 Å². The molecule has 0 unspecified atom stereocenters. The van der Waals surface area contributed by atoms with Gasteiger partial charge in [0, 0.05) is 19.0 Å². The summed E-state index contributed by atoms with van der Waals surface area (Å²) in [6.07, 6.45) is 12.1. The Balaban J connectivity index is 3.51. The number of aliphatic hydroxyl groups is 1. The molecular weight excluding hydrogens is 250 g/mol. The monoisotopic (exact) mass is 285 g/mol. The van der Waals surface area contributed by atoms with Gasteiger partial charge in [0.15, 0.2) is 0 Å². The molecule has 0 radical (unpaired) electrons. The number of carbonyl (C=O) groups excluding carboxylic acids is 1. The minimum absolute atomic E-state index is 0.0572. The third-order valence-corrected chi connectivity index (χ3v) is 3.78. The Morgan fingerprint density at radius 3 is 1.90 bits per heavy atom. The van der Waals surface area contributed by atoms with Gasteiger partial charge in [-0.25, -0.2) is 0 Å². The fourth-order valence-corrected chi connectivity index (χ4v) is 2.51. The second-order valence-corrected chi connectivity index (χ2v) is 5.98. The highest BCUT2D eigenvalue weighted by Gasteiger charge is 2.15. The number of aliphatic hydroxyl groups excluding tert-OH is 1. The highest BCUT2D eigenvalue weighted by molar-refractivity contribution is 5.76. The van der Waals surface area contributed by atoms with E-state index in [-0.39, 0.29) is 18.6 Å². The van der Waals surface area contributed by atoms with Crippen molar-refractivity contribution in [1.82, 2.24) is 4.90 Å². The van der Waals surface area contributed by atoms with Gasteiger partial charge in [-0.15, -0.1) is 0 Å². The summed E-state index contributed by atoms with van der Waals surface area (Å²) in [5.74, 6) is 0.192. The van der Waals surface area contributed by atoms with Crippen LogP contribution < -0.4 is 0 Å². The average molecular weight is 285 g/mol. The van der Waals surface area contributed by atoms with Crippen molar-refractivity contribution in [2.75, 3.05) is 13.2 Å². The number of hydrogen-bond donors (Lipinski definition) is 1. The van der Waals surface area contributed by atoms with E-state index in [4.69, 9.17) is 5.11 Å². The van der Waals surface area contributed by atoms with Crippen molar-refractivity contribution < 1.29 is 9.90 Å². The minimum Gasteiger partial charge on any atom is -0.395 e. The van der Waals surface area contributed by atoms with Gasteiger partial charge in [-0.1, -0.05) is 58.3 Å². The summed E-state index contributed by atoms with van der Waals surface area (Å²) in [6, 6.07) is 0.188. The zero-order valence-electron chi connectivity index (χ0n) is 13.9. The molecule has 1 amide bonds. The summed E-state index contributed by atoms with van der Waals surface area (Å²) in [7, 11) is 0. The number of amides is 1. The summed E-state index contributed by atoms with van der Waals surface area (Å²) in [6.45, 7) is 6.78. The lowest BCUT2D eigenvalue weighted by atomic mass is 10.1. The molecular formula is C17H35NO2. The zero-order valence-corrected chi connectivity index (χ0v) is 13.9. The highest BCUT2D eigenvalue weighted by Crippen LogP contribution is 2.11. The smallest absolute Gasteiger partial charge is 0.222 e. The van der Waals surface area contributed by atoms with E-state index in [1.807, 2.05) is 13.8 Å². The molecule has 20 heavy (non-hydrogen) atoms. The van der Waals surface area contributed by atoms with Crippen LogP contribution in [0, 0.1) is 0 Å². The van der Waals surface area contributed by atoms with Crippen LogP contribution in [-0.4, -0.2) is 35.1 Å². The SMILES string of the molecule is CCCCCCCCCCCC(=O)N(CCO)C(C)C. The molecule has 1 N–H and O–H groups in total. The third kappa shape index (κ3) is 10.2. The van der Waals surface area contributed by atoms with Gasteiger partial charge in [0.05, 0.1) is 6.61 Å². The van der Waals surface area contributed by atoms with Crippen molar-refractivity contribution in [3.05, 3.63) is 0 Å². The van der Waals surface area contributed by atoms with Crippen LogP contribution in [0.15, 0.2) is 0 Å². The van der Waals surface area contributed by atoms with Gasteiger partial charge < -0.3 is 10.0 Å². The topological polar surface area (TPSA) is 40.5 Å². The summed E-state index contributed by atoms with van der Waals surface area (Å²) >= 11 is 0. The quantitative estimate of drug-likeness (QED) is 0.517. The van der Waals surface area contributed by atoms with Crippen molar-refractivity contribution in [1.29, 1.82) is 0 Å². The zero-order chi connectivity index (χ0) is 15.2. The molecule has 3 nitrogen and oxygen atoms in total. The molecule has 0 saturated heterocycles. The maximum atomic E-state index is 12.0. The van der Waals surface area contributed by atoms with E-state index in [0.717, 1.165) is 12.8 Å². The van der Waals surface area contributed by atoms with Gasteiger partial charge in [-0.05, 0) is 20.3 Å². The molecule has 0 fully saturated rings. The Hall–Kier alpha value is -0.570. The number of rotatable bonds is 13. The van der Waals surface area contributed by atoms with Crippen molar-refractivity contribution in [3.63, 3.8) is 0 Å². The Labute approximate surface area is 125 Å². The van der Waals surface area contributed by atoms with Crippen LogP contribution in [0.1, 0.15) is 85.0 Å². The highest BCUT2D eigenvalue weighted by atomic mass is 16.3. The van der Waals surface area contributed by atoms with Crippen LogP contribution in [0.25, 0.3) is 0 Å². The second-order valence-electron chi connectivity index (χ2n) is 5.98. The molecule has 0 aliphatic heterocycles. The molecule has 0 aliphatic carbocycles. The maximum Gasteiger partial charge on any atom is 0.222 e. The number of hydrogen-bond acceptors (Lipinski definition) is 2. The van der Waals surface area contributed by atoms with Crippen LogP contribution in [0.4, 0.5) is 0 Å². The van der Waals surface area contributed by atoms with Gasteiger partial charge >= 0.3 is 0 Å². The minimum atomic E-state index is 0.0572. The third-order valence-electron chi connectivity index (χ3n) is 3.78. The normalized spacial score (nSPS) is 11.1. The summed E-state index contributed by atoms with van der Waals surface area (Å²) in [5, 5.41) is 8.97. The van der Waals surface area contributed by atoms with Crippen molar-refractivity contribution >= 4 is 5.91 Å². The fraction of sp³-hybridized carbons (Fsp3) is 0.941. The summed E-state index contributed by atoms with van der Waals surface area (Å²) in [4.78, 5) is 13.8. The van der Waals surface area contributed by atoms with E-state index < -0.39 is 0 Å². The lowest BCUT2D eigenvalue weighted by Gasteiger charge is -2.26. The summed E-state index contributed by atoms with van der Waals surface area (Å²) in [5.41, 5.74) is 0. The van der Waals surface area contributed by atoms with Gasteiger partial charge in [0.25, 0.3) is 0 Å². The van der Waals surface area contributed by atoms with E-state index in [1.165, 1.54) is 44.9 Å². The first-order chi connectivity index (χ1) is 9.63. The maximum absolute atomic E-state index is 12.0. The van der Waals surface area contributed by atoms with Gasteiger partial charge in [-0.2, -0.15) is 0 Å². The molecule has 0 aromatic carbocycles. The molecule has 0 atom stereocenters. The van der Waals surface area contributed by atoms with Crippen molar-refractivity contribution in [2.24, 2.45) is 0 Å². The van der Waals surface area contributed by atoms with E-state index in [0.29, 0.717) is 13.0 Å². The molecule has 0 aromatic heterocycles. The van der Waals surface area contributed by atoms with E-state index >= 15 is 0 Å². The van der Waals surface area contributed by atoms with Crippen LogP contribution in [0.3, 0.4) is 0 Å². The van der Waals surface area contributed by atoms with Crippen molar-refractivity contribution in [3.8, 4) is 0 Å². The van der Waals surface area contributed by atoms with Gasteiger partial charge in [0.2, 0.25) is 5.91 Å². The molecule has 120 valence electrons. The Bertz CT molecular complexity index is 229. The van der Waals surface area contributed by atoms with E-state index in [9.17, 15) is 4.79 Å². The number of unbranched alkanes of at least 4 members (excludes halogenated alkanes) is 8. The molecule has 0 heterocycles. The van der Waals surface area contributed by atoms with Gasteiger partial charge in [-0.3, -0.25) is 4.79 Å². The Kier molecular flexibility index (Phi) is 13.0. The molecule has 0 saturated carbocycles. The fourth-order valence-electron chi connectivity index (χ4n) is 2.51. The Morgan fingerprint density at radius 1 is 0.950 bits per heavy atom. The molecule has 0 aromatic rings. The molecule has 0 rings (SSSR count). The van der Waals surface area contributed by atoms with Crippen LogP contribution in [0.2, 0.25) is 0 Å².